The first-order chi connectivity index (χ1) is 9.90. The van der Waals surface area contributed by atoms with Crippen molar-refractivity contribution in [3.8, 4) is 0 Å². The molecule has 3 nitrogen and oxygen atoms in total. The van der Waals surface area contributed by atoms with Gasteiger partial charge in [-0.15, -0.1) is 0 Å². The van der Waals surface area contributed by atoms with Crippen molar-refractivity contribution in [2.75, 3.05) is 13.1 Å². The van der Waals surface area contributed by atoms with Gasteiger partial charge in [0.1, 0.15) is 0 Å². The van der Waals surface area contributed by atoms with Crippen molar-refractivity contribution < 1.29 is 4.79 Å². The van der Waals surface area contributed by atoms with Crippen molar-refractivity contribution in [2.45, 2.75) is 84.7 Å². The van der Waals surface area contributed by atoms with Gasteiger partial charge in [0.15, 0.2) is 0 Å². The minimum Gasteiger partial charge on any atom is -0.342 e. The minimum absolute atomic E-state index is 0.237. The van der Waals surface area contributed by atoms with Crippen molar-refractivity contribution in [3.63, 3.8) is 0 Å². The standard InChI is InChI=1S/C18H34N2O/c1-5-14-6-8-15(9-7-14)19-16-10-12-20(13-11-16)17(21)18(2,3)4/h14-16,19H,5-13H2,1-4H3. The highest BCUT2D eigenvalue weighted by atomic mass is 16.2. The van der Waals surface area contributed by atoms with Crippen molar-refractivity contribution in [3.05, 3.63) is 0 Å². The topological polar surface area (TPSA) is 32.3 Å². The van der Waals surface area contributed by atoms with Gasteiger partial charge < -0.3 is 10.2 Å². The van der Waals surface area contributed by atoms with Crippen LogP contribution in [0.1, 0.15) is 72.6 Å². The Morgan fingerprint density at radius 2 is 1.52 bits per heavy atom. The van der Waals surface area contributed by atoms with E-state index >= 15 is 0 Å². The van der Waals surface area contributed by atoms with E-state index in [1.165, 1.54) is 32.1 Å². The van der Waals surface area contributed by atoms with E-state index in [2.05, 4.69) is 17.1 Å². The quantitative estimate of drug-likeness (QED) is 0.863. The second-order valence-electron chi connectivity index (χ2n) is 8.11. The van der Waals surface area contributed by atoms with E-state index in [9.17, 15) is 4.79 Å². The van der Waals surface area contributed by atoms with Gasteiger partial charge in [0.25, 0.3) is 0 Å². The summed E-state index contributed by atoms with van der Waals surface area (Å²) in [5, 5.41) is 3.86. The molecule has 2 aliphatic rings. The molecule has 2 rings (SSSR count). The fraction of sp³-hybridized carbons (Fsp3) is 0.944. The highest BCUT2D eigenvalue weighted by Crippen LogP contribution is 2.28. The fourth-order valence-corrected chi connectivity index (χ4v) is 3.79. The highest BCUT2D eigenvalue weighted by Gasteiger charge is 2.31. The van der Waals surface area contributed by atoms with E-state index in [1.54, 1.807) is 0 Å². The lowest BCUT2D eigenvalue weighted by Gasteiger charge is -2.38. The number of nitrogens with zero attached hydrogens (tertiary/aromatic N) is 1. The SMILES string of the molecule is CCC1CCC(NC2CCN(C(=O)C(C)(C)C)CC2)CC1. The molecule has 0 aromatic rings. The van der Waals surface area contributed by atoms with Crippen LogP contribution in [0.3, 0.4) is 0 Å². The molecule has 1 N–H and O–H groups in total. The monoisotopic (exact) mass is 294 g/mol. The molecule has 0 aromatic carbocycles. The van der Waals surface area contributed by atoms with Crippen LogP contribution in [0.25, 0.3) is 0 Å². The zero-order valence-corrected chi connectivity index (χ0v) is 14.5. The van der Waals surface area contributed by atoms with Crippen LogP contribution in [0.5, 0.6) is 0 Å². The average molecular weight is 294 g/mol. The average Bonchev–Trinajstić information content (AvgIpc) is 2.47. The van der Waals surface area contributed by atoms with E-state index in [-0.39, 0.29) is 5.41 Å². The maximum atomic E-state index is 12.3. The molecule has 1 aliphatic carbocycles. The van der Waals surface area contributed by atoms with E-state index in [4.69, 9.17) is 0 Å². The summed E-state index contributed by atoms with van der Waals surface area (Å²) >= 11 is 0. The zero-order chi connectivity index (χ0) is 15.5. The predicted molar refractivity (Wildman–Crippen MR) is 88.2 cm³/mol. The van der Waals surface area contributed by atoms with Crippen LogP contribution in [0.4, 0.5) is 0 Å². The van der Waals surface area contributed by atoms with Gasteiger partial charge in [-0.2, -0.15) is 0 Å². The van der Waals surface area contributed by atoms with Crippen LogP contribution >= 0.6 is 0 Å². The van der Waals surface area contributed by atoms with Crippen LogP contribution in [-0.4, -0.2) is 36.0 Å². The molecule has 1 amide bonds. The van der Waals surface area contributed by atoms with Gasteiger partial charge >= 0.3 is 0 Å². The molecular formula is C18H34N2O. The number of hydrogen-bond donors (Lipinski definition) is 1. The number of rotatable bonds is 3. The van der Waals surface area contributed by atoms with E-state index in [1.807, 2.05) is 20.8 Å². The van der Waals surface area contributed by atoms with Gasteiger partial charge in [0.2, 0.25) is 5.91 Å². The van der Waals surface area contributed by atoms with Gasteiger partial charge in [0.05, 0.1) is 0 Å². The Kier molecular flexibility index (Phi) is 5.70. The molecule has 122 valence electrons. The van der Waals surface area contributed by atoms with Crippen LogP contribution in [-0.2, 0) is 4.79 Å². The van der Waals surface area contributed by atoms with E-state index in [0.29, 0.717) is 11.9 Å². The fourth-order valence-electron chi connectivity index (χ4n) is 3.79. The third kappa shape index (κ3) is 4.70. The molecule has 1 aliphatic heterocycles. The Morgan fingerprint density at radius 3 is 2.00 bits per heavy atom. The van der Waals surface area contributed by atoms with Gasteiger partial charge in [0, 0.05) is 30.6 Å². The molecule has 2 fully saturated rings. The normalized spacial score (nSPS) is 28.7. The molecule has 0 bridgehead atoms. The van der Waals surface area contributed by atoms with Crippen molar-refractivity contribution in [1.82, 2.24) is 10.2 Å². The smallest absolute Gasteiger partial charge is 0.227 e. The number of carbonyl (C=O) groups is 1. The summed E-state index contributed by atoms with van der Waals surface area (Å²) in [6.07, 6.45) is 9.08. The third-order valence-corrected chi connectivity index (χ3v) is 5.32. The molecule has 0 aromatic heterocycles. The summed E-state index contributed by atoms with van der Waals surface area (Å²) in [5.74, 6) is 1.28. The van der Waals surface area contributed by atoms with E-state index < -0.39 is 0 Å². The minimum atomic E-state index is -0.237. The molecule has 0 atom stereocenters. The van der Waals surface area contributed by atoms with Crippen molar-refractivity contribution in [2.24, 2.45) is 11.3 Å². The molecule has 1 saturated carbocycles. The van der Waals surface area contributed by atoms with Gasteiger partial charge in [-0.1, -0.05) is 34.1 Å². The Balaban J connectivity index is 1.71. The van der Waals surface area contributed by atoms with E-state index in [0.717, 1.165) is 37.9 Å². The van der Waals surface area contributed by atoms with Crippen LogP contribution < -0.4 is 5.32 Å². The van der Waals surface area contributed by atoms with Crippen molar-refractivity contribution >= 4 is 5.91 Å². The molecule has 0 spiro atoms. The number of hydrogen-bond acceptors (Lipinski definition) is 2. The molecular weight excluding hydrogens is 260 g/mol. The van der Waals surface area contributed by atoms with Gasteiger partial charge in [-0.3, -0.25) is 4.79 Å². The molecule has 1 saturated heterocycles. The number of likely N-dealkylation sites (tertiary alicyclic amines) is 1. The second kappa shape index (κ2) is 7.13. The summed E-state index contributed by atoms with van der Waals surface area (Å²) in [6, 6.07) is 1.35. The molecule has 0 radical (unpaired) electrons. The maximum absolute atomic E-state index is 12.3. The Bertz CT molecular complexity index is 332. The van der Waals surface area contributed by atoms with Crippen LogP contribution in [0.15, 0.2) is 0 Å². The third-order valence-electron chi connectivity index (χ3n) is 5.32. The maximum Gasteiger partial charge on any atom is 0.227 e. The van der Waals surface area contributed by atoms with Gasteiger partial charge in [-0.25, -0.2) is 0 Å². The summed E-state index contributed by atoms with van der Waals surface area (Å²) in [7, 11) is 0. The van der Waals surface area contributed by atoms with Crippen LogP contribution in [0.2, 0.25) is 0 Å². The first kappa shape index (κ1) is 16.8. The van der Waals surface area contributed by atoms with Gasteiger partial charge in [-0.05, 0) is 44.4 Å². The highest BCUT2D eigenvalue weighted by molar-refractivity contribution is 5.81. The second-order valence-corrected chi connectivity index (χ2v) is 8.11. The summed E-state index contributed by atoms with van der Waals surface area (Å²) in [6.45, 7) is 10.2. The summed E-state index contributed by atoms with van der Waals surface area (Å²) in [5.41, 5.74) is -0.237. The summed E-state index contributed by atoms with van der Waals surface area (Å²) in [4.78, 5) is 14.4. The Labute approximate surface area is 130 Å². The van der Waals surface area contributed by atoms with Crippen LogP contribution in [0, 0.1) is 11.3 Å². The number of piperidine rings is 1. The first-order valence-electron chi connectivity index (χ1n) is 8.95. The lowest BCUT2D eigenvalue weighted by atomic mass is 9.84. The number of amides is 1. The lowest BCUT2D eigenvalue weighted by Crippen LogP contribution is -2.50. The molecule has 3 heteroatoms. The summed E-state index contributed by atoms with van der Waals surface area (Å²) < 4.78 is 0. The molecule has 1 heterocycles. The first-order valence-corrected chi connectivity index (χ1v) is 8.95. The predicted octanol–water partition coefficient (Wildman–Crippen LogP) is 3.58. The zero-order valence-electron chi connectivity index (χ0n) is 14.5. The Morgan fingerprint density at radius 1 is 1.00 bits per heavy atom. The molecule has 0 unspecified atom stereocenters. The van der Waals surface area contributed by atoms with Crippen molar-refractivity contribution in [1.29, 1.82) is 0 Å². The molecule has 21 heavy (non-hydrogen) atoms. The lowest BCUT2D eigenvalue weighted by molar-refractivity contribution is -0.140. The largest absolute Gasteiger partial charge is 0.342 e. The Hall–Kier alpha value is -0.570. The number of nitrogens with one attached hydrogen (secondary N) is 1. The number of carbonyl (C=O) groups excluding carboxylic acids is 1.